The Labute approximate surface area is 200 Å². The molecule has 3 aromatic heterocycles. The second-order valence-corrected chi connectivity index (χ2v) is 10.7. The number of nitrogens with zero attached hydrogens (tertiary/aromatic N) is 4. The molecule has 33 heavy (non-hydrogen) atoms. The van der Waals surface area contributed by atoms with E-state index in [0.29, 0.717) is 12.5 Å². The first-order valence-corrected chi connectivity index (χ1v) is 13.0. The largest absolute Gasteiger partial charge is 0.372 e. The zero-order valence-corrected chi connectivity index (χ0v) is 20.2. The molecule has 0 amide bonds. The summed E-state index contributed by atoms with van der Waals surface area (Å²) in [6.07, 6.45) is 1.12. The zero-order chi connectivity index (χ0) is 22.4. The molecule has 5 aromatic rings. The van der Waals surface area contributed by atoms with E-state index in [2.05, 4.69) is 71.9 Å². The maximum atomic E-state index is 6.15. The summed E-state index contributed by atoms with van der Waals surface area (Å²) in [5.41, 5.74) is 4.56. The van der Waals surface area contributed by atoms with Crippen molar-refractivity contribution in [3.05, 3.63) is 76.7 Å². The van der Waals surface area contributed by atoms with Gasteiger partial charge in [-0.25, -0.2) is 4.98 Å². The van der Waals surface area contributed by atoms with Gasteiger partial charge >= 0.3 is 0 Å². The van der Waals surface area contributed by atoms with Gasteiger partial charge in [-0.3, -0.25) is 4.40 Å². The molecule has 1 aliphatic rings. The minimum absolute atomic E-state index is 0.221. The van der Waals surface area contributed by atoms with E-state index < -0.39 is 0 Å². The van der Waals surface area contributed by atoms with Crippen molar-refractivity contribution in [3.63, 3.8) is 0 Å². The van der Waals surface area contributed by atoms with Crippen molar-refractivity contribution in [2.75, 3.05) is 0 Å². The van der Waals surface area contributed by atoms with Crippen LogP contribution in [0.3, 0.4) is 0 Å². The number of thiophene rings is 1. The van der Waals surface area contributed by atoms with Gasteiger partial charge in [0.05, 0.1) is 18.1 Å². The van der Waals surface area contributed by atoms with Crippen molar-refractivity contribution in [1.82, 2.24) is 19.6 Å². The van der Waals surface area contributed by atoms with E-state index in [1.165, 1.54) is 16.0 Å². The zero-order valence-electron chi connectivity index (χ0n) is 18.6. The first kappa shape index (κ1) is 20.8. The van der Waals surface area contributed by atoms with Crippen LogP contribution in [0, 0.1) is 5.92 Å². The second-order valence-electron chi connectivity index (χ2n) is 8.70. The summed E-state index contributed by atoms with van der Waals surface area (Å²) in [7, 11) is 0. The fourth-order valence-corrected chi connectivity index (χ4v) is 6.38. The Kier molecular flexibility index (Phi) is 5.40. The fourth-order valence-electron chi connectivity index (χ4n) is 4.38. The Morgan fingerprint density at radius 3 is 2.58 bits per heavy atom. The lowest BCUT2D eigenvalue weighted by Gasteiger charge is -2.26. The third-order valence-corrected chi connectivity index (χ3v) is 8.27. The van der Waals surface area contributed by atoms with Crippen LogP contribution < -0.4 is 0 Å². The SMILES string of the molecule is CC(C)[C@H]1Cc2c(sc3nc(-c4ccccc4)n4c(SCc5ccccc5)nnc4c23)CO1. The van der Waals surface area contributed by atoms with Gasteiger partial charge in [0.15, 0.2) is 10.8 Å². The standard InChI is InChI=1S/C26H24N4OS2/c1-16(2)20-13-19-21(14-31-20)33-25-22(19)24-28-29-26(32-15-17-9-5-3-6-10-17)30(24)23(27-25)18-11-7-4-8-12-18/h3-12,16,20H,13-15H2,1-2H3/t20-/m1/s1. The summed E-state index contributed by atoms with van der Waals surface area (Å²) in [4.78, 5) is 7.46. The molecule has 1 atom stereocenters. The monoisotopic (exact) mass is 472 g/mol. The number of hydrogen-bond donors (Lipinski definition) is 0. The van der Waals surface area contributed by atoms with Crippen LogP contribution in [0.2, 0.25) is 0 Å². The number of aromatic nitrogens is 4. The summed E-state index contributed by atoms with van der Waals surface area (Å²) in [5, 5.41) is 11.4. The summed E-state index contributed by atoms with van der Waals surface area (Å²) in [6, 6.07) is 20.8. The number of fused-ring (bicyclic) bond motifs is 5. The number of thioether (sulfide) groups is 1. The quantitative estimate of drug-likeness (QED) is 0.277. The summed E-state index contributed by atoms with van der Waals surface area (Å²) in [6.45, 7) is 5.09. The summed E-state index contributed by atoms with van der Waals surface area (Å²) < 4.78 is 8.30. The molecule has 166 valence electrons. The van der Waals surface area contributed by atoms with Gasteiger partial charge in [-0.05, 0) is 17.0 Å². The average molecular weight is 473 g/mol. The molecule has 0 spiro atoms. The van der Waals surface area contributed by atoms with Gasteiger partial charge in [0, 0.05) is 22.6 Å². The van der Waals surface area contributed by atoms with Gasteiger partial charge in [0.25, 0.3) is 0 Å². The Morgan fingerprint density at radius 2 is 1.82 bits per heavy atom. The molecule has 0 saturated heterocycles. The third kappa shape index (κ3) is 3.74. The van der Waals surface area contributed by atoms with Crippen LogP contribution in [0.15, 0.2) is 65.8 Å². The van der Waals surface area contributed by atoms with Crippen LogP contribution in [0.1, 0.15) is 29.9 Å². The lowest BCUT2D eigenvalue weighted by molar-refractivity contribution is 0.00203. The molecule has 0 aliphatic carbocycles. The molecule has 0 saturated carbocycles. The topological polar surface area (TPSA) is 52.3 Å². The average Bonchev–Trinajstić information content (AvgIpc) is 3.44. The molecule has 0 N–H and O–H groups in total. The van der Waals surface area contributed by atoms with Gasteiger partial charge in [-0.15, -0.1) is 21.5 Å². The number of ether oxygens (including phenoxy) is 1. The molecule has 0 bridgehead atoms. The molecule has 4 heterocycles. The molecule has 2 aromatic carbocycles. The Morgan fingerprint density at radius 1 is 1.06 bits per heavy atom. The van der Waals surface area contributed by atoms with Crippen LogP contribution in [-0.4, -0.2) is 25.7 Å². The van der Waals surface area contributed by atoms with Crippen LogP contribution in [-0.2, 0) is 23.5 Å². The summed E-state index contributed by atoms with van der Waals surface area (Å²) >= 11 is 3.43. The lowest BCUT2D eigenvalue weighted by Crippen LogP contribution is -2.26. The highest BCUT2D eigenvalue weighted by Gasteiger charge is 2.29. The van der Waals surface area contributed by atoms with Crippen LogP contribution in [0.4, 0.5) is 0 Å². The van der Waals surface area contributed by atoms with Crippen molar-refractivity contribution in [2.24, 2.45) is 5.92 Å². The molecule has 0 fully saturated rings. The van der Waals surface area contributed by atoms with Crippen molar-refractivity contribution in [1.29, 1.82) is 0 Å². The van der Waals surface area contributed by atoms with Crippen molar-refractivity contribution in [2.45, 2.75) is 43.9 Å². The Balaban J connectivity index is 1.54. The smallest absolute Gasteiger partial charge is 0.197 e. The highest BCUT2D eigenvalue weighted by atomic mass is 32.2. The number of hydrogen-bond acceptors (Lipinski definition) is 6. The van der Waals surface area contributed by atoms with Crippen LogP contribution >= 0.6 is 23.1 Å². The van der Waals surface area contributed by atoms with Crippen molar-refractivity contribution < 1.29 is 4.74 Å². The second kappa shape index (κ2) is 8.56. The van der Waals surface area contributed by atoms with E-state index in [1.807, 2.05) is 12.1 Å². The molecular weight excluding hydrogens is 448 g/mol. The van der Waals surface area contributed by atoms with Crippen LogP contribution in [0.25, 0.3) is 27.3 Å². The van der Waals surface area contributed by atoms with E-state index >= 15 is 0 Å². The van der Waals surface area contributed by atoms with E-state index in [9.17, 15) is 0 Å². The van der Waals surface area contributed by atoms with E-state index in [4.69, 9.17) is 14.8 Å². The highest BCUT2D eigenvalue weighted by Crippen LogP contribution is 2.40. The van der Waals surface area contributed by atoms with Gasteiger partial charge in [-0.2, -0.15) is 0 Å². The lowest BCUT2D eigenvalue weighted by atomic mass is 9.96. The molecule has 7 heteroatoms. The maximum absolute atomic E-state index is 6.15. The minimum atomic E-state index is 0.221. The molecule has 5 nitrogen and oxygen atoms in total. The molecular formula is C26H24N4OS2. The predicted molar refractivity (Wildman–Crippen MR) is 135 cm³/mol. The first-order valence-electron chi connectivity index (χ1n) is 11.2. The van der Waals surface area contributed by atoms with Crippen molar-refractivity contribution in [3.8, 4) is 11.4 Å². The molecule has 6 rings (SSSR count). The highest BCUT2D eigenvalue weighted by molar-refractivity contribution is 7.98. The van der Waals surface area contributed by atoms with E-state index in [0.717, 1.165) is 44.6 Å². The van der Waals surface area contributed by atoms with E-state index in [1.54, 1.807) is 23.1 Å². The summed E-state index contributed by atoms with van der Waals surface area (Å²) in [5.74, 6) is 2.19. The third-order valence-electron chi connectivity index (χ3n) is 6.17. The first-order chi connectivity index (χ1) is 16.2. The predicted octanol–water partition coefficient (Wildman–Crippen LogP) is 6.40. The maximum Gasteiger partial charge on any atom is 0.197 e. The number of benzene rings is 2. The van der Waals surface area contributed by atoms with Gasteiger partial charge in [0.2, 0.25) is 0 Å². The number of rotatable bonds is 5. The van der Waals surface area contributed by atoms with Gasteiger partial charge in [-0.1, -0.05) is 86.3 Å². The van der Waals surface area contributed by atoms with Crippen molar-refractivity contribution >= 4 is 39.0 Å². The normalized spacial score (nSPS) is 16.0. The molecule has 1 aliphatic heterocycles. The molecule has 0 unspecified atom stereocenters. The Bertz CT molecular complexity index is 1430. The van der Waals surface area contributed by atoms with E-state index in [-0.39, 0.29) is 6.10 Å². The molecule has 0 radical (unpaired) electrons. The van der Waals surface area contributed by atoms with Crippen LogP contribution in [0.5, 0.6) is 0 Å². The van der Waals surface area contributed by atoms with Gasteiger partial charge in [0.1, 0.15) is 10.7 Å². The fraction of sp³-hybridized carbons (Fsp3) is 0.269. The minimum Gasteiger partial charge on any atom is -0.372 e. The Hall–Kier alpha value is -2.74. The van der Waals surface area contributed by atoms with Gasteiger partial charge < -0.3 is 4.74 Å².